The minimum absolute atomic E-state index is 0.364. The van der Waals surface area contributed by atoms with Gasteiger partial charge in [0, 0.05) is 0 Å². The highest BCUT2D eigenvalue weighted by Gasteiger charge is 2.34. The highest BCUT2D eigenvalue weighted by Crippen LogP contribution is 2.22. The lowest BCUT2D eigenvalue weighted by molar-refractivity contribution is -0.166. The molecule has 0 fully saturated rings. The molecule has 1 atom stereocenters. The summed E-state index contributed by atoms with van der Waals surface area (Å²) in [5.74, 6) is 0.0119. The van der Waals surface area contributed by atoms with Crippen molar-refractivity contribution in [2.45, 2.75) is 53.1 Å². The number of ether oxygens (including phenoxy) is 1. The van der Waals surface area contributed by atoms with E-state index < -0.39 is 11.6 Å². The van der Waals surface area contributed by atoms with E-state index >= 15 is 0 Å². The summed E-state index contributed by atoms with van der Waals surface area (Å²) >= 11 is 0. The Bertz CT molecular complexity index is 185. The molecule has 0 heterocycles. The molecule has 0 aliphatic heterocycles. The molecule has 15 heavy (non-hydrogen) atoms. The zero-order valence-electron chi connectivity index (χ0n) is 10.5. The molecule has 1 unspecified atom stereocenters. The summed E-state index contributed by atoms with van der Waals surface area (Å²) in [7, 11) is 0. The number of aliphatic carboxylic acids is 1. The van der Waals surface area contributed by atoms with Gasteiger partial charge in [0.05, 0.1) is 6.61 Å². The summed E-state index contributed by atoms with van der Waals surface area (Å²) in [6, 6.07) is 0. The third-order valence-corrected chi connectivity index (χ3v) is 2.39. The van der Waals surface area contributed by atoms with E-state index in [1.165, 1.54) is 0 Å². The topological polar surface area (TPSA) is 46.5 Å². The van der Waals surface area contributed by atoms with E-state index in [2.05, 4.69) is 13.8 Å². The van der Waals surface area contributed by atoms with Crippen LogP contribution in [0.25, 0.3) is 0 Å². The molecule has 0 saturated heterocycles. The third-order valence-electron chi connectivity index (χ3n) is 2.39. The van der Waals surface area contributed by atoms with Crippen molar-refractivity contribution in [2.75, 3.05) is 6.61 Å². The molecule has 0 aliphatic rings. The number of carboxylic acids is 1. The van der Waals surface area contributed by atoms with Crippen LogP contribution in [0.5, 0.6) is 0 Å². The predicted molar refractivity (Wildman–Crippen MR) is 60.9 cm³/mol. The van der Waals surface area contributed by atoms with Gasteiger partial charge in [-0.15, -0.1) is 0 Å². The summed E-state index contributed by atoms with van der Waals surface area (Å²) in [6.45, 7) is 10.4. The Morgan fingerprint density at radius 2 is 1.80 bits per heavy atom. The Morgan fingerprint density at radius 1 is 1.27 bits per heavy atom. The molecule has 0 spiro atoms. The molecule has 0 aliphatic carbocycles. The van der Waals surface area contributed by atoms with Gasteiger partial charge < -0.3 is 9.84 Å². The zero-order chi connectivity index (χ0) is 12.1. The predicted octanol–water partition coefficient (Wildman–Crippen LogP) is 2.94. The molecule has 0 bridgehead atoms. The summed E-state index contributed by atoms with van der Waals surface area (Å²) < 4.78 is 5.50. The quantitative estimate of drug-likeness (QED) is 0.711. The standard InChI is InChI=1S/C12H24O3/c1-9(2)6-7-12(5,11(13)14)15-8-10(3)4/h9-10H,6-8H2,1-5H3,(H,13,14). The van der Waals surface area contributed by atoms with E-state index in [1.54, 1.807) is 6.92 Å². The lowest BCUT2D eigenvalue weighted by atomic mass is 9.95. The minimum atomic E-state index is -1.02. The Balaban J connectivity index is 4.26. The van der Waals surface area contributed by atoms with Crippen LogP contribution in [0.4, 0.5) is 0 Å². The van der Waals surface area contributed by atoms with Gasteiger partial charge in [-0.3, -0.25) is 0 Å². The van der Waals surface area contributed by atoms with Gasteiger partial charge in [0.1, 0.15) is 0 Å². The van der Waals surface area contributed by atoms with E-state index in [0.717, 1.165) is 6.42 Å². The van der Waals surface area contributed by atoms with Crippen molar-refractivity contribution in [3.05, 3.63) is 0 Å². The van der Waals surface area contributed by atoms with Gasteiger partial charge in [-0.05, 0) is 31.6 Å². The van der Waals surface area contributed by atoms with Gasteiger partial charge in [-0.1, -0.05) is 27.7 Å². The summed E-state index contributed by atoms with van der Waals surface area (Å²) in [4.78, 5) is 11.1. The fourth-order valence-electron chi connectivity index (χ4n) is 1.16. The largest absolute Gasteiger partial charge is 0.479 e. The first kappa shape index (κ1) is 14.4. The monoisotopic (exact) mass is 216 g/mol. The van der Waals surface area contributed by atoms with Crippen LogP contribution in [-0.2, 0) is 9.53 Å². The second-order valence-corrected chi connectivity index (χ2v) is 5.17. The van der Waals surface area contributed by atoms with Crippen LogP contribution in [0.15, 0.2) is 0 Å². The summed E-state index contributed by atoms with van der Waals surface area (Å²) in [6.07, 6.45) is 1.45. The molecule has 0 aromatic carbocycles. The van der Waals surface area contributed by atoms with Crippen LogP contribution >= 0.6 is 0 Å². The molecule has 90 valence electrons. The number of hydrogen-bond donors (Lipinski definition) is 1. The molecule has 0 rings (SSSR count). The molecule has 0 aromatic rings. The van der Waals surface area contributed by atoms with Crippen LogP contribution in [-0.4, -0.2) is 23.3 Å². The Kier molecular flexibility index (Phi) is 5.88. The van der Waals surface area contributed by atoms with Gasteiger partial charge in [-0.25, -0.2) is 4.79 Å². The zero-order valence-corrected chi connectivity index (χ0v) is 10.5. The summed E-state index contributed by atoms with van der Waals surface area (Å²) in [5.41, 5.74) is -1.02. The van der Waals surface area contributed by atoms with Crippen LogP contribution in [0.2, 0.25) is 0 Å². The smallest absolute Gasteiger partial charge is 0.335 e. The normalized spacial score (nSPS) is 15.7. The third kappa shape index (κ3) is 5.78. The van der Waals surface area contributed by atoms with Crippen molar-refractivity contribution >= 4 is 5.97 Å². The van der Waals surface area contributed by atoms with Gasteiger partial charge in [-0.2, -0.15) is 0 Å². The SMILES string of the molecule is CC(C)CCC(C)(OCC(C)C)C(=O)O. The second kappa shape index (κ2) is 6.11. The molecule has 0 aromatic heterocycles. The van der Waals surface area contributed by atoms with Crippen LogP contribution in [0.3, 0.4) is 0 Å². The molecular formula is C12H24O3. The number of hydrogen-bond acceptors (Lipinski definition) is 2. The molecule has 1 N–H and O–H groups in total. The highest BCUT2D eigenvalue weighted by molar-refractivity contribution is 5.76. The first-order valence-corrected chi connectivity index (χ1v) is 5.65. The molecule has 0 amide bonds. The van der Waals surface area contributed by atoms with Crippen molar-refractivity contribution < 1.29 is 14.6 Å². The molecular weight excluding hydrogens is 192 g/mol. The number of carbonyl (C=O) groups is 1. The van der Waals surface area contributed by atoms with Crippen LogP contribution < -0.4 is 0 Å². The maximum absolute atomic E-state index is 11.1. The van der Waals surface area contributed by atoms with E-state index in [1.807, 2.05) is 13.8 Å². The van der Waals surface area contributed by atoms with Gasteiger partial charge in [0.2, 0.25) is 0 Å². The first-order valence-electron chi connectivity index (χ1n) is 5.65. The Labute approximate surface area is 92.8 Å². The van der Waals surface area contributed by atoms with Crippen molar-refractivity contribution in [1.82, 2.24) is 0 Å². The fraction of sp³-hybridized carbons (Fsp3) is 0.917. The van der Waals surface area contributed by atoms with Crippen molar-refractivity contribution in [3.8, 4) is 0 Å². The van der Waals surface area contributed by atoms with Gasteiger partial charge in [0.25, 0.3) is 0 Å². The van der Waals surface area contributed by atoms with Gasteiger partial charge in [0.15, 0.2) is 5.60 Å². The van der Waals surface area contributed by atoms with E-state index in [-0.39, 0.29) is 0 Å². The maximum atomic E-state index is 11.1. The molecule has 0 saturated carbocycles. The van der Waals surface area contributed by atoms with Gasteiger partial charge >= 0.3 is 5.97 Å². The van der Waals surface area contributed by atoms with Crippen molar-refractivity contribution in [3.63, 3.8) is 0 Å². The van der Waals surface area contributed by atoms with E-state index in [9.17, 15) is 4.79 Å². The lowest BCUT2D eigenvalue weighted by Crippen LogP contribution is -2.39. The minimum Gasteiger partial charge on any atom is -0.479 e. The Hall–Kier alpha value is -0.570. The van der Waals surface area contributed by atoms with Crippen LogP contribution in [0, 0.1) is 11.8 Å². The fourth-order valence-corrected chi connectivity index (χ4v) is 1.16. The number of rotatable bonds is 7. The lowest BCUT2D eigenvalue weighted by Gasteiger charge is -2.27. The van der Waals surface area contributed by atoms with Crippen molar-refractivity contribution in [1.29, 1.82) is 0 Å². The first-order chi connectivity index (χ1) is 6.78. The summed E-state index contributed by atoms with van der Waals surface area (Å²) in [5, 5.41) is 9.13. The second-order valence-electron chi connectivity index (χ2n) is 5.17. The van der Waals surface area contributed by atoms with E-state index in [4.69, 9.17) is 9.84 Å². The van der Waals surface area contributed by atoms with Crippen molar-refractivity contribution in [2.24, 2.45) is 11.8 Å². The molecule has 3 nitrogen and oxygen atoms in total. The van der Waals surface area contributed by atoms with Crippen LogP contribution in [0.1, 0.15) is 47.5 Å². The average molecular weight is 216 g/mol. The molecule has 3 heteroatoms. The van der Waals surface area contributed by atoms with E-state index in [0.29, 0.717) is 24.9 Å². The highest BCUT2D eigenvalue weighted by atomic mass is 16.5. The maximum Gasteiger partial charge on any atom is 0.335 e. The number of carboxylic acid groups (broad SMARTS) is 1. The molecule has 0 radical (unpaired) electrons. The Morgan fingerprint density at radius 3 is 2.13 bits per heavy atom. The average Bonchev–Trinajstić information content (AvgIpc) is 2.11.